The van der Waals surface area contributed by atoms with Crippen molar-refractivity contribution in [1.82, 2.24) is 15.5 Å². The number of urea groups is 1. The van der Waals surface area contributed by atoms with Crippen molar-refractivity contribution in [3.63, 3.8) is 0 Å². The Labute approximate surface area is 154 Å². The first-order valence-electron chi connectivity index (χ1n) is 9.45. The number of hydrogen-bond donors (Lipinski definition) is 2. The molecule has 1 atom stereocenters. The highest BCUT2D eigenvalue weighted by Gasteiger charge is 2.51. The van der Waals surface area contributed by atoms with Crippen LogP contribution in [0.15, 0.2) is 30.3 Å². The van der Waals surface area contributed by atoms with Gasteiger partial charge in [-0.05, 0) is 43.6 Å². The summed E-state index contributed by atoms with van der Waals surface area (Å²) in [5.41, 5.74) is -0.344. The maximum absolute atomic E-state index is 13.0. The molecule has 140 valence electrons. The minimum absolute atomic E-state index is 0.143. The summed E-state index contributed by atoms with van der Waals surface area (Å²) in [7, 11) is 0. The quantitative estimate of drug-likeness (QED) is 0.795. The van der Waals surface area contributed by atoms with Gasteiger partial charge in [-0.25, -0.2) is 4.79 Å². The molecule has 6 nitrogen and oxygen atoms in total. The molecule has 0 bridgehead atoms. The fraction of sp³-hybridized carbons (Fsp3) is 0.550. The Balaban J connectivity index is 1.68. The number of carbonyl (C=O) groups excluding carboxylic acids is 3. The normalized spacial score (nSPS) is 28.8. The van der Waals surface area contributed by atoms with Gasteiger partial charge in [0, 0.05) is 6.04 Å². The molecule has 2 fully saturated rings. The van der Waals surface area contributed by atoms with Crippen LogP contribution in [-0.4, -0.2) is 35.3 Å². The van der Waals surface area contributed by atoms with E-state index in [4.69, 9.17) is 0 Å². The van der Waals surface area contributed by atoms with Crippen molar-refractivity contribution < 1.29 is 14.4 Å². The van der Waals surface area contributed by atoms with E-state index in [0.717, 1.165) is 36.1 Å². The fourth-order valence-electron chi connectivity index (χ4n) is 3.95. The molecule has 0 radical (unpaired) electrons. The van der Waals surface area contributed by atoms with E-state index in [2.05, 4.69) is 17.6 Å². The molecule has 4 amide bonds. The molecule has 3 rings (SSSR count). The summed E-state index contributed by atoms with van der Waals surface area (Å²) in [5, 5.41) is 5.79. The second kappa shape index (κ2) is 7.48. The molecule has 1 saturated heterocycles. The Morgan fingerprint density at radius 2 is 1.85 bits per heavy atom. The van der Waals surface area contributed by atoms with Crippen LogP contribution in [0.4, 0.5) is 4.79 Å². The second-order valence-electron chi connectivity index (χ2n) is 7.47. The lowest BCUT2D eigenvalue weighted by atomic mass is 9.87. The number of carbonyl (C=O) groups is 3. The molecule has 1 aliphatic carbocycles. The highest BCUT2D eigenvalue weighted by molar-refractivity contribution is 6.09. The Kier molecular flexibility index (Phi) is 5.30. The van der Waals surface area contributed by atoms with Crippen molar-refractivity contribution >= 4 is 17.8 Å². The minimum atomic E-state index is -1.08. The summed E-state index contributed by atoms with van der Waals surface area (Å²) < 4.78 is 0. The fourth-order valence-corrected chi connectivity index (χ4v) is 3.95. The lowest BCUT2D eigenvalue weighted by Crippen LogP contribution is -2.46. The SMILES string of the molecule is CC[C@]1(c2ccccc2)NC(=O)N(CC(=O)NC2CCC(C)CC2)C1=O. The van der Waals surface area contributed by atoms with Crippen LogP contribution >= 0.6 is 0 Å². The van der Waals surface area contributed by atoms with E-state index in [1.54, 1.807) is 0 Å². The van der Waals surface area contributed by atoms with E-state index in [1.165, 1.54) is 0 Å². The van der Waals surface area contributed by atoms with Crippen LogP contribution in [0.3, 0.4) is 0 Å². The third kappa shape index (κ3) is 3.45. The molecule has 6 heteroatoms. The summed E-state index contributed by atoms with van der Waals surface area (Å²) in [5.74, 6) is 0.0711. The number of hydrogen-bond acceptors (Lipinski definition) is 3. The number of nitrogens with zero attached hydrogens (tertiary/aromatic N) is 1. The highest BCUT2D eigenvalue weighted by Crippen LogP contribution is 2.32. The first kappa shape index (κ1) is 18.4. The average molecular weight is 357 g/mol. The summed E-state index contributed by atoms with van der Waals surface area (Å²) in [4.78, 5) is 38.8. The number of benzene rings is 1. The molecule has 0 unspecified atom stereocenters. The van der Waals surface area contributed by atoms with Gasteiger partial charge in [0.1, 0.15) is 12.1 Å². The zero-order valence-corrected chi connectivity index (χ0v) is 15.5. The van der Waals surface area contributed by atoms with E-state index in [-0.39, 0.29) is 24.4 Å². The summed E-state index contributed by atoms with van der Waals surface area (Å²) in [6, 6.07) is 8.84. The largest absolute Gasteiger partial charge is 0.352 e. The van der Waals surface area contributed by atoms with Gasteiger partial charge in [-0.2, -0.15) is 0 Å². The Bertz CT molecular complexity index is 683. The maximum atomic E-state index is 13.0. The molecular weight excluding hydrogens is 330 g/mol. The van der Waals surface area contributed by atoms with Gasteiger partial charge in [0.2, 0.25) is 5.91 Å². The number of amides is 4. The molecule has 1 heterocycles. The van der Waals surface area contributed by atoms with Crippen molar-refractivity contribution in [1.29, 1.82) is 0 Å². The van der Waals surface area contributed by atoms with Crippen LogP contribution in [0.25, 0.3) is 0 Å². The standard InChI is InChI=1S/C20H27N3O3/c1-3-20(15-7-5-4-6-8-15)18(25)23(19(26)22-20)13-17(24)21-16-11-9-14(2)10-12-16/h4-8,14,16H,3,9-13H2,1-2H3,(H,21,24)(H,22,26)/t14?,16?,20-/m1/s1. The predicted molar refractivity (Wildman–Crippen MR) is 98.2 cm³/mol. The van der Waals surface area contributed by atoms with Crippen molar-refractivity contribution in [2.45, 2.75) is 57.5 Å². The molecule has 0 aromatic heterocycles. The Morgan fingerprint density at radius 3 is 2.46 bits per heavy atom. The van der Waals surface area contributed by atoms with Crippen LogP contribution in [0, 0.1) is 5.92 Å². The van der Waals surface area contributed by atoms with E-state index < -0.39 is 11.6 Å². The summed E-state index contributed by atoms with van der Waals surface area (Å²) in [6.07, 6.45) is 4.54. The molecular formula is C20H27N3O3. The third-order valence-electron chi connectivity index (χ3n) is 5.66. The smallest absolute Gasteiger partial charge is 0.325 e. The third-order valence-corrected chi connectivity index (χ3v) is 5.66. The van der Waals surface area contributed by atoms with E-state index >= 15 is 0 Å². The summed E-state index contributed by atoms with van der Waals surface area (Å²) >= 11 is 0. The molecule has 1 saturated carbocycles. The Morgan fingerprint density at radius 1 is 1.19 bits per heavy atom. The van der Waals surface area contributed by atoms with E-state index in [1.807, 2.05) is 37.3 Å². The molecule has 2 aliphatic rings. The minimum Gasteiger partial charge on any atom is -0.352 e. The highest BCUT2D eigenvalue weighted by atomic mass is 16.2. The van der Waals surface area contributed by atoms with Crippen molar-refractivity contribution in [2.75, 3.05) is 6.54 Å². The van der Waals surface area contributed by atoms with Crippen molar-refractivity contribution in [3.05, 3.63) is 35.9 Å². The molecule has 0 spiro atoms. The molecule has 1 aromatic carbocycles. The monoisotopic (exact) mass is 357 g/mol. The van der Waals surface area contributed by atoms with Crippen LogP contribution in [0.5, 0.6) is 0 Å². The Hall–Kier alpha value is -2.37. The summed E-state index contributed by atoms with van der Waals surface area (Å²) in [6.45, 7) is 3.85. The average Bonchev–Trinajstić information content (AvgIpc) is 2.89. The molecule has 1 aromatic rings. The molecule has 2 N–H and O–H groups in total. The topological polar surface area (TPSA) is 78.5 Å². The maximum Gasteiger partial charge on any atom is 0.325 e. The van der Waals surface area contributed by atoms with Crippen molar-refractivity contribution in [2.24, 2.45) is 5.92 Å². The van der Waals surface area contributed by atoms with Crippen LogP contribution in [-0.2, 0) is 15.1 Å². The van der Waals surface area contributed by atoms with Gasteiger partial charge in [-0.15, -0.1) is 0 Å². The van der Waals surface area contributed by atoms with Crippen LogP contribution in [0.2, 0.25) is 0 Å². The molecule has 1 aliphatic heterocycles. The first-order chi connectivity index (χ1) is 12.5. The van der Waals surface area contributed by atoms with Gasteiger partial charge >= 0.3 is 6.03 Å². The van der Waals surface area contributed by atoms with Crippen molar-refractivity contribution in [3.8, 4) is 0 Å². The lowest BCUT2D eigenvalue weighted by molar-refractivity contribution is -0.135. The number of imide groups is 1. The second-order valence-corrected chi connectivity index (χ2v) is 7.47. The van der Waals surface area contributed by atoms with Crippen LogP contribution < -0.4 is 10.6 Å². The lowest BCUT2D eigenvalue weighted by Gasteiger charge is -2.28. The van der Waals surface area contributed by atoms with Gasteiger partial charge in [-0.3, -0.25) is 14.5 Å². The zero-order chi connectivity index (χ0) is 18.7. The van der Waals surface area contributed by atoms with Gasteiger partial charge in [0.25, 0.3) is 5.91 Å². The van der Waals surface area contributed by atoms with Gasteiger partial charge in [0.15, 0.2) is 0 Å². The van der Waals surface area contributed by atoms with Gasteiger partial charge < -0.3 is 10.6 Å². The number of rotatable bonds is 5. The first-order valence-corrected chi connectivity index (χ1v) is 9.45. The predicted octanol–water partition coefficient (Wildman–Crippen LogP) is 2.54. The molecule has 26 heavy (non-hydrogen) atoms. The van der Waals surface area contributed by atoms with E-state index in [0.29, 0.717) is 12.3 Å². The van der Waals surface area contributed by atoms with Gasteiger partial charge in [-0.1, -0.05) is 44.2 Å². The van der Waals surface area contributed by atoms with Gasteiger partial charge in [0.05, 0.1) is 0 Å². The van der Waals surface area contributed by atoms with E-state index in [9.17, 15) is 14.4 Å². The van der Waals surface area contributed by atoms with Crippen LogP contribution in [0.1, 0.15) is 51.5 Å². The number of nitrogens with one attached hydrogen (secondary N) is 2. The zero-order valence-electron chi connectivity index (χ0n) is 15.5.